The second kappa shape index (κ2) is 45.7. The average molecular weight is 1330 g/mol. The van der Waals surface area contributed by atoms with E-state index in [9.17, 15) is 4.79 Å². The lowest BCUT2D eigenvalue weighted by Crippen LogP contribution is -2.53. The van der Waals surface area contributed by atoms with Crippen LogP contribution in [0.2, 0.25) is 0 Å². The van der Waals surface area contributed by atoms with Crippen LogP contribution >= 0.6 is 0 Å². The molecule has 0 bridgehead atoms. The standard InChI is InChI=1S/C13H26N2.C12H26N2.C11H22N2O.C11H22N2.2C11H24N2.C10H22N2/c1-10(2)5-14-6-12-8-15(11(3)4)9-13(12)7-14;1-11(2)10-13-6-5-7-14(9-8-13)12(3)4;1-9(2)7-13-6-5-12(10(3)4)8-11(13)14;1-9(2)6-13-7-10-4-5-12(3)11(10)8-13;1-10(2)9-12-5-7-13(8-6-12)11(3)4;1-10(2)8-12-6-5-7-13(9-12)11(3)4;1-9(2)7-11-5-6-12(8-11)10(3)4/h10-13H,5-9H2,1-4H3;11-12H,5-10H2,1-4H3;9-10H,5-8H2,1-4H3;9-11H,4-8H2,1-3H3;2*10-11H,5-9H2,1-4H3;9-10H,5-8H2,1-4H3. The van der Waals surface area contributed by atoms with Gasteiger partial charge in [-0.25, -0.2) is 0 Å². The van der Waals surface area contributed by atoms with Gasteiger partial charge in [-0.15, -0.1) is 0 Å². The summed E-state index contributed by atoms with van der Waals surface area (Å²) in [7, 11) is 2.28. The average Bonchev–Trinajstić information content (AvgIpc) is 1.67. The molecule has 0 aromatic heterocycles. The van der Waals surface area contributed by atoms with Crippen molar-refractivity contribution in [3.8, 4) is 0 Å². The van der Waals surface area contributed by atoms with E-state index >= 15 is 0 Å². The highest BCUT2D eigenvalue weighted by molar-refractivity contribution is 5.79. The highest BCUT2D eigenvalue weighted by Crippen LogP contribution is 2.33. The molecule has 9 fully saturated rings. The number of carbonyl (C=O) groups excluding carboxylic acids is 1. The number of hydrogen-bond donors (Lipinski definition) is 0. The molecule has 4 unspecified atom stereocenters. The van der Waals surface area contributed by atoms with E-state index in [2.05, 4.69) is 251 Å². The van der Waals surface area contributed by atoms with Crippen molar-refractivity contribution in [2.24, 2.45) is 59.2 Å². The lowest BCUT2D eigenvalue weighted by molar-refractivity contribution is -0.137. The Kier molecular flexibility index (Phi) is 42.4. The Balaban J connectivity index is 0.000000286. The summed E-state index contributed by atoms with van der Waals surface area (Å²) in [6.07, 6.45) is 4.10. The third-order valence-corrected chi connectivity index (χ3v) is 21.0. The Labute approximate surface area is 587 Å². The van der Waals surface area contributed by atoms with Crippen LogP contribution in [-0.4, -0.2) is 327 Å². The number of piperazine rings is 2. The highest BCUT2D eigenvalue weighted by atomic mass is 16.2. The van der Waals surface area contributed by atoms with Crippen molar-refractivity contribution in [1.82, 2.24) is 68.6 Å². The third-order valence-electron chi connectivity index (χ3n) is 21.0. The first-order valence-electron chi connectivity index (χ1n) is 39.9. The van der Waals surface area contributed by atoms with Gasteiger partial charge in [0.2, 0.25) is 5.91 Å². The van der Waals surface area contributed by atoms with E-state index in [0.717, 1.165) is 91.0 Å². The van der Waals surface area contributed by atoms with Crippen molar-refractivity contribution in [2.75, 3.05) is 210 Å². The molecular formula is C79H166N14O. The molecule has 558 valence electrons. The highest BCUT2D eigenvalue weighted by Gasteiger charge is 2.41. The lowest BCUT2D eigenvalue weighted by Gasteiger charge is -2.38. The van der Waals surface area contributed by atoms with Gasteiger partial charge in [0, 0.05) is 206 Å². The Hall–Kier alpha value is -1.05. The number of likely N-dealkylation sites (tertiary alicyclic amines) is 4. The van der Waals surface area contributed by atoms with E-state index in [0.29, 0.717) is 42.5 Å². The molecule has 0 radical (unpaired) electrons. The molecule has 0 aromatic rings. The molecule has 0 aromatic carbocycles. The van der Waals surface area contributed by atoms with Crippen LogP contribution in [0, 0.1) is 59.2 Å². The topological polar surface area (TPSA) is 62.4 Å². The summed E-state index contributed by atoms with van der Waals surface area (Å²) in [5.74, 6) is 8.63. The van der Waals surface area contributed by atoms with Crippen molar-refractivity contribution in [1.29, 1.82) is 0 Å². The Bertz CT molecular complexity index is 1880. The van der Waals surface area contributed by atoms with Gasteiger partial charge in [0.15, 0.2) is 0 Å². The van der Waals surface area contributed by atoms with Crippen LogP contribution in [0.15, 0.2) is 0 Å². The van der Waals surface area contributed by atoms with E-state index < -0.39 is 0 Å². The minimum Gasteiger partial charge on any atom is -0.340 e. The zero-order valence-corrected chi connectivity index (χ0v) is 68.0. The molecule has 1 amide bonds. The molecule has 0 spiro atoms. The monoisotopic (exact) mass is 1330 g/mol. The second-order valence-electron chi connectivity index (χ2n) is 35.6. The minimum atomic E-state index is 0.290. The van der Waals surface area contributed by atoms with E-state index in [1.54, 1.807) is 0 Å². The second-order valence-corrected chi connectivity index (χ2v) is 35.6. The summed E-state index contributed by atoms with van der Waals surface area (Å²) in [5.41, 5.74) is 0. The molecule has 94 heavy (non-hydrogen) atoms. The van der Waals surface area contributed by atoms with Crippen molar-refractivity contribution < 1.29 is 4.79 Å². The van der Waals surface area contributed by atoms with Crippen LogP contribution in [0.3, 0.4) is 0 Å². The summed E-state index contributed by atoms with van der Waals surface area (Å²) < 4.78 is 0. The summed E-state index contributed by atoms with van der Waals surface area (Å²) in [6.45, 7) is 97.3. The van der Waals surface area contributed by atoms with Crippen molar-refractivity contribution in [2.45, 2.75) is 242 Å². The maximum Gasteiger partial charge on any atom is 0.236 e. The Morgan fingerprint density at radius 1 is 0.287 bits per heavy atom. The zero-order chi connectivity index (χ0) is 70.5. The van der Waals surface area contributed by atoms with Crippen LogP contribution in [0.4, 0.5) is 0 Å². The number of rotatable bonds is 20. The Morgan fingerprint density at radius 3 is 1.01 bits per heavy atom. The number of amides is 1. The quantitative estimate of drug-likeness (QED) is 0.116. The minimum absolute atomic E-state index is 0.290. The number of likely N-dealkylation sites (N-methyl/N-ethyl adjacent to an activating group) is 1. The maximum absolute atomic E-state index is 11.7. The van der Waals surface area contributed by atoms with Crippen LogP contribution in [-0.2, 0) is 4.79 Å². The molecule has 0 saturated carbocycles. The fourth-order valence-electron chi connectivity index (χ4n) is 15.9. The van der Waals surface area contributed by atoms with Crippen LogP contribution in [0.1, 0.15) is 199 Å². The van der Waals surface area contributed by atoms with Gasteiger partial charge in [0.25, 0.3) is 0 Å². The molecule has 0 aliphatic carbocycles. The van der Waals surface area contributed by atoms with E-state index in [-0.39, 0.29) is 0 Å². The van der Waals surface area contributed by atoms with Gasteiger partial charge in [-0.1, -0.05) is 96.9 Å². The predicted octanol–water partition coefficient (Wildman–Crippen LogP) is 11.8. The fraction of sp³-hybridized carbons (Fsp3) is 0.987. The molecule has 9 aliphatic rings. The molecule has 9 saturated heterocycles. The van der Waals surface area contributed by atoms with Gasteiger partial charge in [0.1, 0.15) is 0 Å². The smallest absolute Gasteiger partial charge is 0.236 e. The summed E-state index contributed by atoms with van der Waals surface area (Å²) >= 11 is 0. The molecule has 15 nitrogen and oxygen atoms in total. The van der Waals surface area contributed by atoms with Gasteiger partial charge >= 0.3 is 0 Å². The summed E-state index contributed by atoms with van der Waals surface area (Å²) in [6, 6.07) is 4.96. The van der Waals surface area contributed by atoms with Crippen molar-refractivity contribution in [3.05, 3.63) is 0 Å². The van der Waals surface area contributed by atoms with Crippen LogP contribution in [0.25, 0.3) is 0 Å². The van der Waals surface area contributed by atoms with E-state index in [1.807, 2.05) is 4.90 Å². The van der Waals surface area contributed by atoms with Crippen molar-refractivity contribution in [3.63, 3.8) is 0 Å². The molecule has 4 atom stereocenters. The number of fused-ring (bicyclic) bond motifs is 2. The van der Waals surface area contributed by atoms with Crippen molar-refractivity contribution >= 4 is 5.91 Å². The Morgan fingerprint density at radius 2 is 0.606 bits per heavy atom. The molecule has 9 rings (SSSR count). The van der Waals surface area contributed by atoms with Gasteiger partial charge in [-0.2, -0.15) is 0 Å². The fourth-order valence-corrected chi connectivity index (χ4v) is 15.9. The molecule has 15 heteroatoms. The van der Waals surface area contributed by atoms with E-state index in [1.165, 1.54) is 196 Å². The van der Waals surface area contributed by atoms with Gasteiger partial charge in [-0.3, -0.25) is 39.1 Å². The first-order valence-corrected chi connectivity index (χ1v) is 39.9. The maximum atomic E-state index is 11.7. The first-order chi connectivity index (χ1) is 44.1. The third kappa shape index (κ3) is 35.0. The summed E-state index contributed by atoms with van der Waals surface area (Å²) in [5, 5.41) is 0. The lowest BCUT2D eigenvalue weighted by atomic mass is 10.0. The van der Waals surface area contributed by atoms with Crippen LogP contribution in [0.5, 0.6) is 0 Å². The summed E-state index contributed by atoms with van der Waals surface area (Å²) in [4.78, 5) is 47.1. The first kappa shape index (κ1) is 87.2. The number of hydrogen-bond acceptors (Lipinski definition) is 14. The normalized spacial score (nSPS) is 25.2. The molecule has 0 N–H and O–H groups in total. The zero-order valence-electron chi connectivity index (χ0n) is 68.0. The number of nitrogens with zero attached hydrogens (tertiary/aromatic N) is 14. The SMILES string of the molecule is CC(C)CN1CC2CCN(C)C2C1.CC(C)CN1CC2CN(C(C)C)CC2C1.CC(C)CN1CCCN(C(C)C)C1.CC(C)CN1CCCN(C(C)C)CC1.CC(C)CN1CCN(C(C)C)C1.CC(C)CN1CCN(C(C)C)CC1.CC(C)CN1CCN(C(C)C)CC1=O. The van der Waals surface area contributed by atoms with Gasteiger partial charge in [-0.05, 0) is 188 Å². The number of carbonyl (C=O) groups is 1. The molecule has 9 aliphatic heterocycles. The molecular weight excluding hydrogens is 1160 g/mol. The van der Waals surface area contributed by atoms with E-state index in [4.69, 9.17) is 0 Å². The van der Waals surface area contributed by atoms with Gasteiger partial charge in [0.05, 0.1) is 19.9 Å². The predicted molar refractivity (Wildman–Crippen MR) is 410 cm³/mol. The largest absolute Gasteiger partial charge is 0.340 e. The van der Waals surface area contributed by atoms with Gasteiger partial charge < -0.3 is 34.3 Å². The molecule has 9 heterocycles. The van der Waals surface area contributed by atoms with Crippen LogP contribution < -0.4 is 0 Å².